The first-order valence-electron chi connectivity index (χ1n) is 32.1. The van der Waals surface area contributed by atoms with Gasteiger partial charge < -0.3 is 151 Å². The molecule has 4 unspecified atom stereocenters. The molecule has 542 valence electrons. The van der Waals surface area contributed by atoms with Gasteiger partial charge in [0.15, 0.2) is 81.9 Å². The maximum Gasteiger partial charge on any atom is 0.157 e. The van der Waals surface area contributed by atoms with Crippen molar-refractivity contribution in [2.45, 2.75) is 91.1 Å². The second-order valence-corrected chi connectivity index (χ2v) is 26.3. The Hall–Kier alpha value is -13.0. The lowest BCUT2D eigenvalue weighted by atomic mass is 9.71. The summed E-state index contributed by atoms with van der Waals surface area (Å²) < 4.78 is 32.4. The van der Waals surface area contributed by atoms with Crippen molar-refractivity contribution in [3.05, 3.63) is 205 Å². The van der Waals surface area contributed by atoms with E-state index in [1.54, 1.807) is 0 Å². The highest BCUT2D eigenvalue weighted by atomic mass is 16.5. The highest BCUT2D eigenvalue weighted by molar-refractivity contribution is 5.75. The van der Waals surface area contributed by atoms with Crippen LogP contribution in [0.5, 0.6) is 144 Å². The molecule has 0 spiro atoms. The van der Waals surface area contributed by atoms with Gasteiger partial charge in [0.1, 0.15) is 117 Å². The summed E-state index contributed by atoms with van der Waals surface area (Å²) in [6.45, 7) is 0. The van der Waals surface area contributed by atoms with E-state index in [9.17, 15) is 128 Å². The van der Waals surface area contributed by atoms with Gasteiger partial charge in [0.2, 0.25) is 0 Å². The van der Waals surface area contributed by atoms with Crippen molar-refractivity contribution in [2.75, 3.05) is 0 Å². The molecule has 15 rings (SSSR count). The zero-order valence-electron chi connectivity index (χ0n) is 53.6. The number of fused-ring (bicyclic) bond motifs is 5. The minimum atomic E-state index is -2.30. The Kier molecular flexibility index (Phi) is 15.9. The maximum absolute atomic E-state index is 13.4. The molecule has 0 saturated carbocycles. The Bertz CT molecular complexity index is 5270. The fraction of sp³-hybridized carbons (Fsp3) is 0.200. The SMILES string of the molecule is Oc1cc(O)c2c(c1)O[C@H](c1ccc(O)c(O)c1)[C@H](O)C2c1c(O)cc(O)c2c1O[C@H](c1ccc(O)c(O)c1)[C@H](O)C2c1c(O)cc(O)c2c1O[C@H](c1ccc(O)c(O)c1)[C@H](O)C2c1c(O)cc(O)c2c1O[C@H](c1ccc(O)c(O)c1)[C@H](O)C2c1c(O)cc2c(c1O)C[C@@H](O)[C@@H](c1ccc(O)c(O)c1)O2. The number of benzene rings is 10. The predicted molar refractivity (Wildman–Crippen MR) is 356 cm³/mol. The number of phenolic OH excluding ortho intramolecular Hbond substituents is 20. The lowest BCUT2D eigenvalue weighted by Gasteiger charge is -2.45. The van der Waals surface area contributed by atoms with Crippen LogP contribution in [-0.2, 0) is 6.42 Å². The first-order chi connectivity index (χ1) is 49.9. The molecule has 5 aliphatic heterocycles. The molecular formula is C75H62O30. The minimum absolute atomic E-state index is 0.0507. The number of hydrogen-bond acceptors (Lipinski definition) is 30. The van der Waals surface area contributed by atoms with E-state index < -0.39 is 262 Å². The average molecular weight is 1440 g/mol. The van der Waals surface area contributed by atoms with Gasteiger partial charge in [-0.1, -0.05) is 30.3 Å². The van der Waals surface area contributed by atoms with E-state index in [2.05, 4.69) is 0 Å². The Balaban J connectivity index is 0.984. The molecule has 5 heterocycles. The molecule has 0 bridgehead atoms. The molecule has 10 aromatic rings. The topological polar surface area (TPSA) is 552 Å². The van der Waals surface area contributed by atoms with E-state index in [1.807, 2.05) is 0 Å². The summed E-state index contributed by atoms with van der Waals surface area (Å²) in [7, 11) is 0. The second kappa shape index (κ2) is 24.6. The van der Waals surface area contributed by atoms with Crippen LogP contribution in [0.1, 0.15) is 132 Å². The van der Waals surface area contributed by atoms with Crippen molar-refractivity contribution in [1.82, 2.24) is 0 Å². The third kappa shape index (κ3) is 10.7. The van der Waals surface area contributed by atoms with Crippen LogP contribution in [-0.4, -0.2) is 158 Å². The van der Waals surface area contributed by atoms with Crippen LogP contribution >= 0.6 is 0 Å². The van der Waals surface area contributed by atoms with Crippen LogP contribution in [0.3, 0.4) is 0 Å². The van der Waals surface area contributed by atoms with Crippen molar-refractivity contribution in [1.29, 1.82) is 0 Å². The summed E-state index contributed by atoms with van der Waals surface area (Å²) >= 11 is 0. The van der Waals surface area contributed by atoms with Crippen LogP contribution in [0.25, 0.3) is 0 Å². The summed E-state index contributed by atoms with van der Waals surface area (Å²) in [5.41, 5.74) is -5.72. The molecule has 10 aromatic carbocycles. The van der Waals surface area contributed by atoms with Gasteiger partial charge in [-0.15, -0.1) is 0 Å². The van der Waals surface area contributed by atoms with E-state index >= 15 is 0 Å². The number of aromatic hydroxyl groups is 20. The molecule has 0 radical (unpaired) electrons. The van der Waals surface area contributed by atoms with Crippen molar-refractivity contribution in [2.24, 2.45) is 0 Å². The molecule has 25 N–H and O–H groups in total. The molecule has 0 fully saturated rings. The molecule has 30 heteroatoms. The van der Waals surface area contributed by atoms with Crippen LogP contribution in [0.15, 0.2) is 127 Å². The van der Waals surface area contributed by atoms with E-state index in [4.69, 9.17) is 23.7 Å². The van der Waals surface area contributed by atoms with Gasteiger partial charge >= 0.3 is 0 Å². The molecule has 14 atom stereocenters. The summed E-state index contributed by atoms with van der Waals surface area (Å²) in [4.78, 5) is 0. The third-order valence-corrected chi connectivity index (χ3v) is 20.2. The number of aliphatic hydroxyl groups excluding tert-OH is 5. The van der Waals surface area contributed by atoms with Crippen LogP contribution in [0.2, 0.25) is 0 Å². The molecule has 0 saturated heterocycles. The molecular weight excluding hydrogens is 1380 g/mol. The highest BCUT2D eigenvalue weighted by Crippen LogP contribution is 2.67. The largest absolute Gasteiger partial charge is 0.508 e. The lowest BCUT2D eigenvalue weighted by molar-refractivity contribution is -0.00964. The van der Waals surface area contributed by atoms with Gasteiger partial charge in [-0.05, 0) is 88.5 Å². The second-order valence-electron chi connectivity index (χ2n) is 26.3. The lowest BCUT2D eigenvalue weighted by Crippen LogP contribution is -2.40. The number of phenols is 20. The van der Waals surface area contributed by atoms with Crippen molar-refractivity contribution in [3.63, 3.8) is 0 Å². The number of aliphatic hydroxyl groups is 5. The number of rotatable bonds is 9. The van der Waals surface area contributed by atoms with E-state index in [0.29, 0.717) is 18.2 Å². The first kappa shape index (κ1) is 67.8. The Labute approximate surface area is 589 Å². The summed E-state index contributed by atoms with van der Waals surface area (Å²) in [5, 5.41) is 294. The van der Waals surface area contributed by atoms with Crippen molar-refractivity contribution in [3.8, 4) is 144 Å². The van der Waals surface area contributed by atoms with Gasteiger partial charge in [-0.2, -0.15) is 0 Å². The fourth-order valence-electron chi connectivity index (χ4n) is 15.4. The highest BCUT2D eigenvalue weighted by Gasteiger charge is 2.55. The van der Waals surface area contributed by atoms with E-state index in [-0.39, 0.29) is 50.4 Å². The van der Waals surface area contributed by atoms with Gasteiger partial charge in [0, 0.05) is 92.9 Å². The van der Waals surface area contributed by atoms with Gasteiger partial charge in [0.25, 0.3) is 0 Å². The third-order valence-electron chi connectivity index (χ3n) is 20.2. The van der Waals surface area contributed by atoms with Gasteiger partial charge in [-0.25, -0.2) is 0 Å². The first-order valence-corrected chi connectivity index (χ1v) is 32.1. The number of ether oxygens (including phenoxy) is 5. The average Bonchev–Trinajstić information content (AvgIpc) is 0.709. The fourth-order valence-corrected chi connectivity index (χ4v) is 15.4. The zero-order chi connectivity index (χ0) is 74.7. The quantitative estimate of drug-likeness (QED) is 0.0628. The normalized spacial score (nSPS) is 24.2. The predicted octanol–water partition coefficient (Wildman–Crippen LogP) is 7.34. The maximum atomic E-state index is 13.4. The summed E-state index contributed by atoms with van der Waals surface area (Å²) in [6.07, 6.45) is -19.7. The Morgan fingerprint density at radius 1 is 0.229 bits per heavy atom. The monoisotopic (exact) mass is 1440 g/mol. The smallest absolute Gasteiger partial charge is 0.157 e. The van der Waals surface area contributed by atoms with Crippen molar-refractivity contribution < 1.29 is 151 Å². The van der Waals surface area contributed by atoms with E-state index in [1.165, 1.54) is 12.1 Å². The van der Waals surface area contributed by atoms with Crippen LogP contribution in [0.4, 0.5) is 0 Å². The molecule has 0 aromatic heterocycles. The Morgan fingerprint density at radius 3 is 0.819 bits per heavy atom. The molecule has 5 aliphatic rings. The summed E-state index contributed by atoms with van der Waals surface area (Å²) in [6, 6.07) is 21.0. The van der Waals surface area contributed by atoms with Gasteiger partial charge in [0.05, 0.1) is 29.8 Å². The standard InChI is InChI=1S/C75H62O30/c76-28-16-40(87)51-50(17-28)102-69(24-2-7-31(78)36(83)12-24)64(97)59(51)53-41(88)19-43(90)55-61(66(99)71(104-73(53)55)26-4-9-33(80)38(85)14-26)57-45(92)21-46(93)58-62(67(100)72(105-75(57)58)27-5-10-34(81)39(86)15-27)56-44(91)20-42(89)54-60(65(98)70(103-74(54)56)25-3-8-32(79)37(84)13-25)52-47(94)22-49-29(63(52)96)18-48(95)68(101-49)23-1-6-30(77)35(82)11-23/h1-17,19-22,48,59-62,64-72,76-100H,18H2/t48-,59?,60?,61?,62?,64-,65-,66-,67-,68-,69-,70-,71-,72-/m1/s1. The number of hydrogen-bond donors (Lipinski definition) is 25. The molecule has 105 heavy (non-hydrogen) atoms. The van der Waals surface area contributed by atoms with Crippen molar-refractivity contribution >= 4 is 0 Å². The zero-order valence-corrected chi connectivity index (χ0v) is 53.6. The summed E-state index contributed by atoms with van der Waals surface area (Å²) in [5.74, 6) is -27.2. The molecule has 0 aliphatic carbocycles. The molecule has 30 nitrogen and oxygen atoms in total. The van der Waals surface area contributed by atoms with Crippen LogP contribution in [0, 0.1) is 0 Å². The minimum Gasteiger partial charge on any atom is -0.508 e. The van der Waals surface area contributed by atoms with E-state index in [0.717, 1.165) is 97.1 Å². The van der Waals surface area contributed by atoms with Gasteiger partial charge in [-0.3, -0.25) is 0 Å². The Morgan fingerprint density at radius 2 is 0.495 bits per heavy atom. The molecule has 0 amide bonds. The van der Waals surface area contributed by atoms with Crippen LogP contribution < -0.4 is 23.7 Å².